The van der Waals surface area contributed by atoms with Gasteiger partial charge in [-0.2, -0.15) is 0 Å². The highest BCUT2D eigenvalue weighted by atomic mass is 16.6. The lowest BCUT2D eigenvalue weighted by Crippen LogP contribution is -2.30. The minimum atomic E-state index is -0.766. The highest BCUT2D eigenvalue weighted by Crippen LogP contribution is 2.15. The van der Waals surface area contributed by atoms with Gasteiger partial charge in [-0.15, -0.1) is 0 Å². The molecule has 0 rings (SSSR count). The standard InChI is InChI=1S/C50H92O6/c1-4-7-10-13-16-19-21-23-24-25-26-27-29-31-34-37-40-43-49(52)55-46-47(45-54-48(51)42-39-36-33-30-18-15-12-9-6-3)56-50(53)44-41-38-35-32-28-22-20-17-14-11-8-5-2/h16,19,23-24,47H,4-15,17-18,20-22,25-46H2,1-3H3/b19-16-,24-23-. The Morgan fingerprint density at radius 2 is 0.643 bits per heavy atom. The van der Waals surface area contributed by atoms with Crippen LogP contribution in [-0.4, -0.2) is 37.2 Å². The van der Waals surface area contributed by atoms with Crippen LogP contribution in [0.3, 0.4) is 0 Å². The summed E-state index contributed by atoms with van der Waals surface area (Å²) >= 11 is 0. The van der Waals surface area contributed by atoms with Crippen LogP contribution in [0.1, 0.15) is 258 Å². The summed E-state index contributed by atoms with van der Waals surface area (Å²) in [6.07, 6.45) is 50.1. The van der Waals surface area contributed by atoms with E-state index in [0.29, 0.717) is 19.3 Å². The largest absolute Gasteiger partial charge is 0.462 e. The molecule has 0 aliphatic rings. The van der Waals surface area contributed by atoms with Crippen LogP contribution < -0.4 is 0 Å². The number of carbonyl (C=O) groups is 3. The average Bonchev–Trinajstić information content (AvgIpc) is 3.19. The number of allylic oxidation sites excluding steroid dienone is 4. The lowest BCUT2D eigenvalue weighted by Gasteiger charge is -2.18. The second-order valence-corrected chi connectivity index (χ2v) is 16.4. The first-order valence-electron chi connectivity index (χ1n) is 24.3. The van der Waals surface area contributed by atoms with Crippen molar-refractivity contribution in [1.82, 2.24) is 0 Å². The third-order valence-electron chi connectivity index (χ3n) is 10.7. The predicted molar refractivity (Wildman–Crippen MR) is 238 cm³/mol. The van der Waals surface area contributed by atoms with Crippen LogP contribution in [0.4, 0.5) is 0 Å². The maximum Gasteiger partial charge on any atom is 0.306 e. The Hall–Kier alpha value is -2.11. The third-order valence-corrected chi connectivity index (χ3v) is 10.7. The van der Waals surface area contributed by atoms with Gasteiger partial charge in [-0.3, -0.25) is 14.4 Å². The second kappa shape index (κ2) is 45.6. The van der Waals surface area contributed by atoms with Gasteiger partial charge in [0.2, 0.25) is 0 Å². The van der Waals surface area contributed by atoms with Crippen LogP contribution in [0, 0.1) is 0 Å². The number of rotatable bonds is 44. The molecule has 0 heterocycles. The summed E-state index contributed by atoms with van der Waals surface area (Å²) in [6, 6.07) is 0. The Balaban J connectivity index is 4.30. The fourth-order valence-corrected chi connectivity index (χ4v) is 7.00. The number of ether oxygens (including phenoxy) is 3. The van der Waals surface area contributed by atoms with E-state index in [-0.39, 0.29) is 31.1 Å². The summed E-state index contributed by atoms with van der Waals surface area (Å²) in [5.74, 6) is -0.872. The maximum atomic E-state index is 12.7. The minimum Gasteiger partial charge on any atom is -0.462 e. The molecular weight excluding hydrogens is 697 g/mol. The number of esters is 3. The van der Waals surface area contributed by atoms with Gasteiger partial charge in [-0.1, -0.05) is 212 Å². The van der Waals surface area contributed by atoms with Crippen LogP contribution in [0.2, 0.25) is 0 Å². The molecule has 56 heavy (non-hydrogen) atoms. The van der Waals surface area contributed by atoms with Crippen molar-refractivity contribution < 1.29 is 28.6 Å². The topological polar surface area (TPSA) is 78.9 Å². The number of carbonyl (C=O) groups excluding carboxylic acids is 3. The molecule has 0 aromatic carbocycles. The average molecular weight is 789 g/mol. The molecule has 0 saturated heterocycles. The lowest BCUT2D eigenvalue weighted by molar-refractivity contribution is -0.167. The first kappa shape index (κ1) is 53.9. The highest BCUT2D eigenvalue weighted by molar-refractivity contribution is 5.71. The molecule has 1 atom stereocenters. The van der Waals surface area contributed by atoms with E-state index in [1.165, 1.54) is 148 Å². The predicted octanol–water partition coefficient (Wildman–Crippen LogP) is 15.6. The van der Waals surface area contributed by atoms with Crippen molar-refractivity contribution in [1.29, 1.82) is 0 Å². The van der Waals surface area contributed by atoms with Crippen LogP contribution in [0.15, 0.2) is 24.3 Å². The monoisotopic (exact) mass is 789 g/mol. The normalized spacial score (nSPS) is 12.1. The molecule has 0 saturated carbocycles. The number of hydrogen-bond donors (Lipinski definition) is 0. The summed E-state index contributed by atoms with van der Waals surface area (Å²) < 4.78 is 16.7. The first-order valence-corrected chi connectivity index (χ1v) is 24.3. The molecule has 6 nitrogen and oxygen atoms in total. The summed E-state index contributed by atoms with van der Waals surface area (Å²) in [6.45, 7) is 6.60. The Labute approximate surface area is 347 Å². The van der Waals surface area contributed by atoms with Crippen LogP contribution in [-0.2, 0) is 28.6 Å². The van der Waals surface area contributed by atoms with E-state index in [1.54, 1.807) is 0 Å². The van der Waals surface area contributed by atoms with Gasteiger partial charge < -0.3 is 14.2 Å². The van der Waals surface area contributed by atoms with E-state index >= 15 is 0 Å². The highest BCUT2D eigenvalue weighted by Gasteiger charge is 2.19. The molecule has 0 aromatic rings. The fraction of sp³-hybridized carbons (Fsp3) is 0.860. The molecule has 0 aliphatic heterocycles. The Morgan fingerprint density at radius 3 is 1.02 bits per heavy atom. The molecule has 0 aromatic heterocycles. The fourth-order valence-electron chi connectivity index (χ4n) is 7.00. The number of unbranched alkanes of at least 4 members (excludes halogenated alkanes) is 29. The molecule has 0 bridgehead atoms. The van der Waals surface area contributed by atoms with Crippen molar-refractivity contribution in [3.05, 3.63) is 24.3 Å². The summed E-state index contributed by atoms with van der Waals surface area (Å²) in [4.78, 5) is 37.8. The smallest absolute Gasteiger partial charge is 0.306 e. The van der Waals surface area contributed by atoms with Gasteiger partial charge >= 0.3 is 17.9 Å². The summed E-state index contributed by atoms with van der Waals surface area (Å²) in [5, 5.41) is 0. The molecule has 1 unspecified atom stereocenters. The van der Waals surface area contributed by atoms with Gasteiger partial charge in [0.05, 0.1) is 0 Å². The summed E-state index contributed by atoms with van der Waals surface area (Å²) in [7, 11) is 0. The number of hydrogen-bond acceptors (Lipinski definition) is 6. The molecule has 0 spiro atoms. The first-order chi connectivity index (χ1) is 27.5. The molecule has 328 valence electrons. The third kappa shape index (κ3) is 43.0. The Kier molecular flexibility index (Phi) is 43.9. The van der Waals surface area contributed by atoms with Gasteiger partial charge in [0.15, 0.2) is 6.10 Å². The Morgan fingerprint density at radius 1 is 0.357 bits per heavy atom. The summed E-state index contributed by atoms with van der Waals surface area (Å²) in [5.41, 5.74) is 0. The van der Waals surface area contributed by atoms with Crippen molar-refractivity contribution in [2.24, 2.45) is 0 Å². The van der Waals surface area contributed by atoms with E-state index in [0.717, 1.165) is 70.6 Å². The molecule has 0 radical (unpaired) electrons. The van der Waals surface area contributed by atoms with Gasteiger partial charge in [-0.05, 0) is 51.4 Å². The van der Waals surface area contributed by atoms with Crippen molar-refractivity contribution in [2.75, 3.05) is 13.2 Å². The van der Waals surface area contributed by atoms with Crippen molar-refractivity contribution >= 4 is 17.9 Å². The molecule has 6 heteroatoms. The van der Waals surface area contributed by atoms with Gasteiger partial charge in [0.1, 0.15) is 13.2 Å². The molecule has 0 fully saturated rings. The SMILES string of the molecule is CCCCC/C=C\C/C=C\CCCCCCCCCC(=O)OCC(COC(=O)CCCCCCCCCCC)OC(=O)CCCCCCCCCCCCCC. The zero-order chi connectivity index (χ0) is 40.8. The van der Waals surface area contributed by atoms with Crippen LogP contribution >= 0.6 is 0 Å². The minimum absolute atomic E-state index is 0.0698. The Bertz CT molecular complexity index is 911. The van der Waals surface area contributed by atoms with Crippen LogP contribution in [0.5, 0.6) is 0 Å². The van der Waals surface area contributed by atoms with Crippen LogP contribution in [0.25, 0.3) is 0 Å². The zero-order valence-corrected chi connectivity index (χ0v) is 37.4. The molecule has 0 aliphatic carbocycles. The van der Waals surface area contributed by atoms with E-state index in [9.17, 15) is 14.4 Å². The van der Waals surface area contributed by atoms with Crippen molar-refractivity contribution in [3.63, 3.8) is 0 Å². The molecule has 0 amide bonds. The van der Waals surface area contributed by atoms with Crippen molar-refractivity contribution in [2.45, 2.75) is 264 Å². The quantitative estimate of drug-likeness (QED) is 0.0265. The molecular formula is C50H92O6. The zero-order valence-electron chi connectivity index (χ0n) is 37.4. The van der Waals surface area contributed by atoms with E-state index in [2.05, 4.69) is 45.1 Å². The van der Waals surface area contributed by atoms with Crippen molar-refractivity contribution in [3.8, 4) is 0 Å². The lowest BCUT2D eigenvalue weighted by atomic mass is 10.0. The van der Waals surface area contributed by atoms with Gasteiger partial charge in [0.25, 0.3) is 0 Å². The van der Waals surface area contributed by atoms with E-state index in [4.69, 9.17) is 14.2 Å². The maximum absolute atomic E-state index is 12.7. The van der Waals surface area contributed by atoms with E-state index in [1.807, 2.05) is 0 Å². The van der Waals surface area contributed by atoms with Gasteiger partial charge in [-0.25, -0.2) is 0 Å². The second-order valence-electron chi connectivity index (χ2n) is 16.4. The van der Waals surface area contributed by atoms with Gasteiger partial charge in [0, 0.05) is 19.3 Å². The van der Waals surface area contributed by atoms with E-state index < -0.39 is 6.10 Å². The molecule has 0 N–H and O–H groups in total.